The zero-order valence-corrected chi connectivity index (χ0v) is 24.6. The van der Waals surface area contributed by atoms with Crippen LogP contribution in [0.1, 0.15) is 33.6 Å². The van der Waals surface area contributed by atoms with Gasteiger partial charge in [-0.1, -0.05) is 0 Å². The van der Waals surface area contributed by atoms with E-state index in [4.69, 9.17) is 26.6 Å². The van der Waals surface area contributed by atoms with E-state index in [2.05, 4.69) is 21.3 Å². The third-order valence-corrected chi connectivity index (χ3v) is 11.3. The first-order valence-corrected chi connectivity index (χ1v) is 15.6. The minimum absolute atomic E-state index is 0.160. The summed E-state index contributed by atoms with van der Waals surface area (Å²) in [7, 11) is 3.56. The van der Waals surface area contributed by atoms with Gasteiger partial charge in [0.05, 0.1) is 0 Å². The van der Waals surface area contributed by atoms with Crippen molar-refractivity contribution in [3.05, 3.63) is 35.4 Å². The summed E-state index contributed by atoms with van der Waals surface area (Å²) in [5, 5.41) is 9.57. The minimum atomic E-state index is -2.73. The summed E-state index contributed by atoms with van der Waals surface area (Å²) in [5.74, 6) is -1.30. The molecule has 16 heteroatoms. The Hall–Kier alpha value is -2.71. The highest BCUT2D eigenvalue weighted by Crippen LogP contribution is 2.15. The molecule has 6 amide bonds. The van der Waals surface area contributed by atoms with Gasteiger partial charge in [-0.2, -0.15) is 0 Å². The van der Waals surface area contributed by atoms with Gasteiger partial charge >= 0.3 is 29.7 Å². The average molecular weight is 575 g/mol. The van der Waals surface area contributed by atoms with Gasteiger partial charge in [-0.15, -0.1) is 0 Å². The monoisotopic (exact) mass is 574 g/mol. The van der Waals surface area contributed by atoms with E-state index < -0.39 is 41.5 Å². The first kappa shape index (κ1) is 33.3. The number of hydrogen-bond donors (Lipinski definition) is 4. The Morgan fingerprint density at radius 1 is 0.579 bits per heavy atom. The van der Waals surface area contributed by atoms with E-state index in [1.165, 1.54) is 66.9 Å². The third kappa shape index (κ3) is 10.6. The molecule has 0 aromatic heterocycles. The minimum Gasteiger partial charge on any atom is -0.377 e. The maximum absolute atomic E-state index is 12.3. The van der Waals surface area contributed by atoms with E-state index in [0.29, 0.717) is 24.9 Å². The first-order chi connectivity index (χ1) is 18.1. The Balaban J connectivity index is 2.44. The second-order valence-electron chi connectivity index (χ2n) is 7.80. The van der Waals surface area contributed by atoms with Gasteiger partial charge < -0.3 is 37.2 Å². The second kappa shape index (κ2) is 17.0. The van der Waals surface area contributed by atoms with Crippen molar-refractivity contribution in [2.75, 3.05) is 55.7 Å². The summed E-state index contributed by atoms with van der Waals surface area (Å²) in [4.78, 5) is 48.7. The van der Waals surface area contributed by atoms with E-state index in [-0.39, 0.29) is 24.2 Å². The van der Waals surface area contributed by atoms with Gasteiger partial charge in [0.25, 0.3) is 11.8 Å². The molecular weight excluding hydrogens is 536 g/mol. The Morgan fingerprint density at radius 2 is 0.868 bits per heavy atom. The van der Waals surface area contributed by atoms with Gasteiger partial charge in [0, 0.05) is 79.0 Å². The molecule has 0 fully saturated rings. The largest absolute Gasteiger partial charge is 0.500 e. The van der Waals surface area contributed by atoms with Crippen molar-refractivity contribution in [1.82, 2.24) is 21.3 Å². The predicted octanol–water partition coefficient (Wildman–Crippen LogP) is 1.10. The van der Waals surface area contributed by atoms with Crippen LogP contribution in [0, 0.1) is 0 Å². The molecular formula is C22H38N4O10Si2. The molecule has 0 saturated heterocycles. The highest BCUT2D eigenvalue weighted by atomic mass is 28.4. The maximum Gasteiger partial charge on any atom is 0.500 e. The smallest absolute Gasteiger partial charge is 0.377 e. The molecule has 0 radical (unpaired) electrons. The molecule has 1 aromatic rings. The van der Waals surface area contributed by atoms with Gasteiger partial charge in [-0.3, -0.25) is 20.2 Å². The molecule has 0 unspecified atom stereocenters. The number of rotatable bonds is 16. The van der Waals surface area contributed by atoms with Gasteiger partial charge in [0.1, 0.15) is 0 Å². The van der Waals surface area contributed by atoms with Crippen LogP contribution in [-0.4, -0.2) is 97.2 Å². The third-order valence-electron chi connectivity index (χ3n) is 5.62. The number of benzene rings is 1. The number of urea groups is 2. The summed E-state index contributed by atoms with van der Waals surface area (Å²) in [6, 6.07) is 5.12. The Kier molecular flexibility index (Phi) is 14.9. The van der Waals surface area contributed by atoms with E-state index in [9.17, 15) is 19.2 Å². The van der Waals surface area contributed by atoms with E-state index in [1.54, 1.807) is 0 Å². The van der Waals surface area contributed by atoms with Crippen molar-refractivity contribution in [2.24, 2.45) is 0 Å². The molecule has 0 aliphatic rings. The lowest BCUT2D eigenvalue weighted by Crippen LogP contribution is -2.44. The van der Waals surface area contributed by atoms with Crippen molar-refractivity contribution in [3.63, 3.8) is 0 Å². The van der Waals surface area contributed by atoms with Crippen molar-refractivity contribution >= 4 is 41.5 Å². The van der Waals surface area contributed by atoms with Crippen molar-refractivity contribution in [2.45, 2.75) is 24.9 Å². The van der Waals surface area contributed by atoms with Crippen LogP contribution in [0.5, 0.6) is 0 Å². The van der Waals surface area contributed by atoms with Crippen LogP contribution in [0.3, 0.4) is 0 Å². The Morgan fingerprint density at radius 3 is 1.13 bits per heavy atom. The number of amides is 6. The molecule has 1 rings (SSSR count). The van der Waals surface area contributed by atoms with Gasteiger partial charge in [0.2, 0.25) is 0 Å². The average Bonchev–Trinajstić information content (AvgIpc) is 2.94. The fraction of sp³-hybridized carbons (Fsp3) is 0.545. The molecule has 0 aliphatic heterocycles. The highest BCUT2D eigenvalue weighted by Gasteiger charge is 2.37. The van der Waals surface area contributed by atoms with Crippen molar-refractivity contribution in [1.29, 1.82) is 0 Å². The standard InChI is InChI=1S/C22H38N4O10Si2/c1-31-37(32-2,33-3)15-7-13-23-21(29)25-19(27)17-9-11-18(12-10-17)20(28)26-22(30)24-14-8-16-38(34-4,35-5)36-6/h9-12H,7-8,13-16H2,1-6H3,(H2,23,25,27,29)(H2,24,26,28,30). The quantitative estimate of drug-likeness (QED) is 0.165. The molecule has 1 aromatic carbocycles. The van der Waals surface area contributed by atoms with E-state index >= 15 is 0 Å². The highest BCUT2D eigenvalue weighted by molar-refractivity contribution is 6.60. The molecule has 0 aliphatic carbocycles. The molecule has 214 valence electrons. The molecule has 0 atom stereocenters. The summed E-state index contributed by atoms with van der Waals surface area (Å²) in [6.07, 6.45) is 1.05. The molecule has 4 N–H and O–H groups in total. The lowest BCUT2D eigenvalue weighted by Gasteiger charge is -2.24. The predicted molar refractivity (Wildman–Crippen MR) is 141 cm³/mol. The van der Waals surface area contributed by atoms with Crippen LogP contribution in [0.4, 0.5) is 9.59 Å². The molecule has 38 heavy (non-hydrogen) atoms. The lowest BCUT2D eigenvalue weighted by molar-refractivity contribution is 0.0950. The second-order valence-corrected chi connectivity index (χ2v) is 14.0. The van der Waals surface area contributed by atoms with Crippen LogP contribution in [-0.2, 0) is 26.6 Å². The van der Waals surface area contributed by atoms with E-state index in [1.807, 2.05) is 0 Å². The number of nitrogens with one attached hydrogen (secondary N) is 4. The normalized spacial score (nSPS) is 11.5. The summed E-state index contributed by atoms with van der Waals surface area (Å²) >= 11 is 0. The van der Waals surface area contributed by atoms with Crippen LogP contribution >= 0.6 is 0 Å². The molecule has 0 saturated carbocycles. The molecule has 0 bridgehead atoms. The summed E-state index contributed by atoms with van der Waals surface area (Å²) < 4.78 is 31.8. The molecule has 14 nitrogen and oxygen atoms in total. The zero-order valence-electron chi connectivity index (χ0n) is 22.6. The van der Waals surface area contributed by atoms with Gasteiger partial charge in [0.15, 0.2) is 0 Å². The van der Waals surface area contributed by atoms with Crippen molar-refractivity contribution < 1.29 is 45.7 Å². The van der Waals surface area contributed by atoms with Crippen LogP contribution in [0.15, 0.2) is 24.3 Å². The SMILES string of the molecule is CO[Si](CCCNC(=O)NC(=O)c1ccc(C(=O)NC(=O)NCCC[Si](OC)(OC)OC)cc1)(OC)OC. The number of carbonyl (C=O) groups is 4. The summed E-state index contributed by atoms with van der Waals surface area (Å²) in [5.41, 5.74) is 0.320. The van der Waals surface area contributed by atoms with Crippen LogP contribution in [0.25, 0.3) is 0 Å². The van der Waals surface area contributed by atoms with Crippen molar-refractivity contribution in [3.8, 4) is 0 Å². The fourth-order valence-electron chi connectivity index (χ4n) is 3.34. The maximum atomic E-state index is 12.3. The molecule has 0 spiro atoms. The first-order valence-electron chi connectivity index (χ1n) is 11.7. The Labute approximate surface area is 224 Å². The van der Waals surface area contributed by atoms with Crippen LogP contribution < -0.4 is 21.3 Å². The van der Waals surface area contributed by atoms with Gasteiger partial charge in [-0.05, 0) is 37.1 Å². The van der Waals surface area contributed by atoms with E-state index in [0.717, 1.165) is 0 Å². The number of hydrogen-bond acceptors (Lipinski definition) is 10. The number of imide groups is 2. The Bertz CT molecular complexity index is 822. The number of carbonyl (C=O) groups excluding carboxylic acids is 4. The van der Waals surface area contributed by atoms with Crippen LogP contribution in [0.2, 0.25) is 12.1 Å². The zero-order chi connectivity index (χ0) is 28.6. The fourth-order valence-corrected chi connectivity index (χ4v) is 6.78. The van der Waals surface area contributed by atoms with Gasteiger partial charge in [-0.25, -0.2) is 9.59 Å². The topological polar surface area (TPSA) is 172 Å². The lowest BCUT2D eigenvalue weighted by atomic mass is 10.1. The molecule has 0 heterocycles. The summed E-state index contributed by atoms with van der Waals surface area (Å²) in [6.45, 7) is 0.554.